The topological polar surface area (TPSA) is 42.4 Å². The lowest BCUT2D eigenvalue weighted by Crippen LogP contribution is -1.88. The van der Waals surface area contributed by atoms with Gasteiger partial charge in [0, 0.05) is 11.8 Å². The summed E-state index contributed by atoms with van der Waals surface area (Å²) < 4.78 is 5.09. The summed E-state index contributed by atoms with van der Waals surface area (Å²) >= 11 is 0. The minimum Gasteiger partial charge on any atom is -0.497 e. The number of nitrogens with zero attached hydrogens (tertiary/aromatic N) is 1. The standard InChI is InChI=1S/C13H13NO2/c1-16-13-6-3-10(4-7-13)11-2-5-12(9-15)14-8-11/h2-8,15H,9H2,1H3. The Morgan fingerprint density at radius 3 is 2.25 bits per heavy atom. The van der Waals surface area contributed by atoms with E-state index in [0.29, 0.717) is 5.69 Å². The summed E-state index contributed by atoms with van der Waals surface area (Å²) in [6.07, 6.45) is 1.76. The molecular formula is C13H13NO2. The Morgan fingerprint density at radius 2 is 1.75 bits per heavy atom. The smallest absolute Gasteiger partial charge is 0.118 e. The molecule has 0 fully saturated rings. The first-order valence-corrected chi connectivity index (χ1v) is 5.03. The minimum atomic E-state index is -0.0249. The lowest BCUT2D eigenvalue weighted by Gasteiger charge is -2.04. The van der Waals surface area contributed by atoms with Crippen molar-refractivity contribution in [2.75, 3.05) is 7.11 Å². The monoisotopic (exact) mass is 215 g/mol. The molecule has 0 amide bonds. The van der Waals surface area contributed by atoms with E-state index >= 15 is 0 Å². The zero-order valence-electron chi connectivity index (χ0n) is 9.05. The molecule has 1 N–H and O–H groups in total. The summed E-state index contributed by atoms with van der Waals surface area (Å²) in [7, 11) is 1.65. The van der Waals surface area contributed by atoms with Crippen molar-refractivity contribution in [1.29, 1.82) is 0 Å². The number of hydrogen-bond acceptors (Lipinski definition) is 3. The zero-order valence-corrected chi connectivity index (χ0v) is 9.05. The highest BCUT2D eigenvalue weighted by Gasteiger charge is 1.99. The number of rotatable bonds is 3. The second-order valence-electron chi connectivity index (χ2n) is 3.42. The molecule has 3 heteroatoms. The van der Waals surface area contributed by atoms with Crippen LogP contribution < -0.4 is 4.74 Å². The fourth-order valence-corrected chi connectivity index (χ4v) is 1.47. The number of aliphatic hydroxyl groups excluding tert-OH is 1. The molecule has 0 aliphatic heterocycles. The van der Waals surface area contributed by atoms with Gasteiger partial charge in [0.1, 0.15) is 5.75 Å². The van der Waals surface area contributed by atoms with Crippen LogP contribution in [0.15, 0.2) is 42.6 Å². The van der Waals surface area contributed by atoms with Gasteiger partial charge in [-0.3, -0.25) is 4.98 Å². The van der Waals surface area contributed by atoms with E-state index in [1.54, 1.807) is 13.3 Å². The average molecular weight is 215 g/mol. The maximum absolute atomic E-state index is 8.89. The van der Waals surface area contributed by atoms with Crippen molar-refractivity contribution in [1.82, 2.24) is 4.98 Å². The van der Waals surface area contributed by atoms with Crippen molar-refractivity contribution in [3.8, 4) is 16.9 Å². The Hall–Kier alpha value is -1.87. The fraction of sp³-hybridized carbons (Fsp3) is 0.154. The third-order valence-electron chi connectivity index (χ3n) is 2.41. The predicted octanol–water partition coefficient (Wildman–Crippen LogP) is 2.25. The Morgan fingerprint density at radius 1 is 1.06 bits per heavy atom. The molecule has 0 saturated carbocycles. The van der Waals surface area contributed by atoms with Crippen LogP contribution in [-0.4, -0.2) is 17.2 Å². The molecule has 16 heavy (non-hydrogen) atoms. The highest BCUT2D eigenvalue weighted by molar-refractivity contribution is 5.63. The molecular weight excluding hydrogens is 202 g/mol. The summed E-state index contributed by atoms with van der Waals surface area (Å²) in [6, 6.07) is 11.5. The molecule has 3 nitrogen and oxygen atoms in total. The highest BCUT2D eigenvalue weighted by atomic mass is 16.5. The molecule has 1 heterocycles. The van der Waals surface area contributed by atoms with Gasteiger partial charge in [0.25, 0.3) is 0 Å². The van der Waals surface area contributed by atoms with E-state index < -0.39 is 0 Å². The van der Waals surface area contributed by atoms with Crippen LogP contribution in [0.4, 0.5) is 0 Å². The van der Waals surface area contributed by atoms with E-state index in [1.165, 1.54) is 0 Å². The number of methoxy groups -OCH3 is 1. The molecule has 1 aromatic carbocycles. The number of hydrogen-bond donors (Lipinski definition) is 1. The highest BCUT2D eigenvalue weighted by Crippen LogP contribution is 2.21. The summed E-state index contributed by atoms with van der Waals surface area (Å²) in [6.45, 7) is -0.0249. The van der Waals surface area contributed by atoms with Gasteiger partial charge in [-0.2, -0.15) is 0 Å². The second-order valence-corrected chi connectivity index (χ2v) is 3.42. The Bertz CT molecular complexity index is 403. The van der Waals surface area contributed by atoms with Gasteiger partial charge in [0.15, 0.2) is 0 Å². The van der Waals surface area contributed by atoms with Crippen LogP contribution >= 0.6 is 0 Å². The van der Waals surface area contributed by atoms with Gasteiger partial charge < -0.3 is 9.84 Å². The van der Waals surface area contributed by atoms with Crippen molar-refractivity contribution >= 4 is 0 Å². The van der Waals surface area contributed by atoms with Crippen LogP contribution in [-0.2, 0) is 6.61 Å². The summed E-state index contributed by atoms with van der Waals surface area (Å²) in [5, 5.41) is 8.89. The van der Waals surface area contributed by atoms with Crippen LogP contribution in [0.2, 0.25) is 0 Å². The van der Waals surface area contributed by atoms with Crippen molar-refractivity contribution in [2.24, 2.45) is 0 Å². The third-order valence-corrected chi connectivity index (χ3v) is 2.41. The van der Waals surface area contributed by atoms with Crippen molar-refractivity contribution in [3.05, 3.63) is 48.3 Å². The summed E-state index contributed by atoms with van der Waals surface area (Å²) in [4.78, 5) is 4.13. The SMILES string of the molecule is COc1ccc(-c2ccc(CO)nc2)cc1. The van der Waals surface area contributed by atoms with Crippen LogP contribution in [0.1, 0.15) is 5.69 Å². The lowest BCUT2D eigenvalue weighted by atomic mass is 10.1. The first-order chi connectivity index (χ1) is 7.83. The zero-order chi connectivity index (χ0) is 11.4. The fourth-order valence-electron chi connectivity index (χ4n) is 1.47. The van der Waals surface area contributed by atoms with Gasteiger partial charge in [-0.25, -0.2) is 0 Å². The molecule has 0 saturated heterocycles. The maximum Gasteiger partial charge on any atom is 0.118 e. The Kier molecular flexibility index (Phi) is 3.17. The third kappa shape index (κ3) is 2.20. The van der Waals surface area contributed by atoms with Gasteiger partial charge in [0.2, 0.25) is 0 Å². The normalized spacial score (nSPS) is 10.1. The van der Waals surface area contributed by atoms with Crippen LogP contribution in [0.25, 0.3) is 11.1 Å². The molecule has 0 bridgehead atoms. The van der Waals surface area contributed by atoms with Crippen LogP contribution in [0.5, 0.6) is 5.75 Å². The van der Waals surface area contributed by atoms with Gasteiger partial charge in [-0.15, -0.1) is 0 Å². The average Bonchev–Trinajstić information content (AvgIpc) is 2.39. The van der Waals surface area contributed by atoms with Gasteiger partial charge in [-0.05, 0) is 23.8 Å². The van der Waals surface area contributed by atoms with Crippen molar-refractivity contribution in [3.63, 3.8) is 0 Å². The largest absolute Gasteiger partial charge is 0.497 e. The molecule has 0 unspecified atom stereocenters. The number of ether oxygens (including phenoxy) is 1. The molecule has 0 radical (unpaired) electrons. The molecule has 2 aromatic rings. The van der Waals surface area contributed by atoms with E-state index in [4.69, 9.17) is 9.84 Å². The molecule has 0 aliphatic rings. The van der Waals surface area contributed by atoms with E-state index in [2.05, 4.69) is 4.98 Å². The van der Waals surface area contributed by atoms with Gasteiger partial charge >= 0.3 is 0 Å². The van der Waals surface area contributed by atoms with Crippen LogP contribution in [0.3, 0.4) is 0 Å². The maximum atomic E-state index is 8.89. The molecule has 2 rings (SSSR count). The van der Waals surface area contributed by atoms with E-state index in [0.717, 1.165) is 16.9 Å². The first-order valence-electron chi connectivity index (χ1n) is 5.03. The van der Waals surface area contributed by atoms with Gasteiger partial charge in [0.05, 0.1) is 19.4 Å². The van der Waals surface area contributed by atoms with E-state index in [1.807, 2.05) is 36.4 Å². The van der Waals surface area contributed by atoms with Gasteiger partial charge in [-0.1, -0.05) is 18.2 Å². The molecule has 0 atom stereocenters. The van der Waals surface area contributed by atoms with E-state index in [-0.39, 0.29) is 6.61 Å². The number of pyridine rings is 1. The van der Waals surface area contributed by atoms with Crippen LogP contribution in [0, 0.1) is 0 Å². The first kappa shape index (κ1) is 10.6. The van der Waals surface area contributed by atoms with Crippen molar-refractivity contribution < 1.29 is 9.84 Å². The molecule has 82 valence electrons. The number of benzene rings is 1. The minimum absolute atomic E-state index is 0.0249. The Labute approximate surface area is 94.3 Å². The second kappa shape index (κ2) is 4.77. The molecule has 1 aromatic heterocycles. The molecule has 0 aliphatic carbocycles. The predicted molar refractivity (Wildman–Crippen MR) is 62.1 cm³/mol. The van der Waals surface area contributed by atoms with Crippen molar-refractivity contribution in [2.45, 2.75) is 6.61 Å². The van der Waals surface area contributed by atoms with E-state index in [9.17, 15) is 0 Å². The summed E-state index contributed by atoms with van der Waals surface area (Å²) in [5.41, 5.74) is 2.79. The summed E-state index contributed by atoms with van der Waals surface area (Å²) in [5.74, 6) is 0.837. The quantitative estimate of drug-likeness (QED) is 0.853. The number of aliphatic hydroxyl groups is 1. The Balaban J connectivity index is 2.28. The number of aromatic nitrogens is 1. The lowest BCUT2D eigenvalue weighted by molar-refractivity contribution is 0.277. The molecule has 0 spiro atoms.